The third-order valence-electron chi connectivity index (χ3n) is 5.07. The zero-order valence-corrected chi connectivity index (χ0v) is 15.4. The number of nitrogens with one attached hydrogen (secondary N) is 1. The van der Waals surface area contributed by atoms with E-state index in [2.05, 4.69) is 5.32 Å². The standard InChI is InChI=1S/C19H23N3O5/c1-12(23)21-7-9-22(10-8-21)18(25)15-11-14(15)17(24)20-16-6-4-3-5-13(16)19(26)27-2/h3-6,14-15H,7-11H2,1-2H3,(H,20,24). The molecule has 2 aliphatic rings. The monoisotopic (exact) mass is 373 g/mol. The molecule has 1 aromatic rings. The van der Waals surface area contributed by atoms with Crippen molar-refractivity contribution >= 4 is 29.4 Å². The number of nitrogens with zero attached hydrogens (tertiary/aromatic N) is 2. The van der Waals surface area contributed by atoms with Gasteiger partial charge in [0.25, 0.3) is 0 Å². The lowest BCUT2D eigenvalue weighted by Gasteiger charge is -2.34. The Bertz CT molecular complexity index is 770. The maximum Gasteiger partial charge on any atom is 0.339 e. The first-order valence-corrected chi connectivity index (χ1v) is 8.95. The van der Waals surface area contributed by atoms with Crippen LogP contribution in [0.25, 0.3) is 0 Å². The minimum absolute atomic E-state index is 0.00930. The van der Waals surface area contributed by atoms with Crippen LogP contribution in [-0.2, 0) is 19.1 Å². The summed E-state index contributed by atoms with van der Waals surface area (Å²) < 4.78 is 4.72. The average molecular weight is 373 g/mol. The normalized spacial score (nSPS) is 21.4. The number of esters is 1. The number of benzene rings is 1. The molecule has 1 N–H and O–H groups in total. The van der Waals surface area contributed by atoms with Gasteiger partial charge in [-0.1, -0.05) is 12.1 Å². The number of anilines is 1. The molecule has 2 fully saturated rings. The summed E-state index contributed by atoms with van der Waals surface area (Å²) in [6.07, 6.45) is 0.498. The smallest absolute Gasteiger partial charge is 0.339 e. The highest BCUT2D eigenvalue weighted by Gasteiger charge is 2.49. The maximum absolute atomic E-state index is 12.6. The van der Waals surface area contributed by atoms with E-state index in [-0.39, 0.29) is 29.2 Å². The highest BCUT2D eigenvalue weighted by atomic mass is 16.5. The van der Waals surface area contributed by atoms with Gasteiger partial charge in [-0.15, -0.1) is 0 Å². The number of amides is 3. The third kappa shape index (κ3) is 4.10. The molecule has 1 aliphatic carbocycles. The van der Waals surface area contributed by atoms with E-state index in [9.17, 15) is 19.2 Å². The lowest BCUT2D eigenvalue weighted by molar-refractivity contribution is -0.139. The number of ether oxygens (including phenoxy) is 1. The predicted molar refractivity (Wildman–Crippen MR) is 96.8 cm³/mol. The summed E-state index contributed by atoms with van der Waals surface area (Å²) in [6, 6.07) is 6.61. The average Bonchev–Trinajstić information content (AvgIpc) is 3.48. The molecule has 1 heterocycles. The van der Waals surface area contributed by atoms with Crippen molar-refractivity contribution in [2.45, 2.75) is 13.3 Å². The number of carbonyl (C=O) groups excluding carboxylic acids is 4. The lowest BCUT2D eigenvalue weighted by Crippen LogP contribution is -2.50. The van der Waals surface area contributed by atoms with Crippen molar-refractivity contribution in [1.82, 2.24) is 9.80 Å². The molecule has 2 atom stereocenters. The second-order valence-electron chi connectivity index (χ2n) is 6.81. The van der Waals surface area contributed by atoms with Crippen LogP contribution >= 0.6 is 0 Å². The first-order valence-electron chi connectivity index (χ1n) is 8.95. The van der Waals surface area contributed by atoms with Gasteiger partial charge in [-0.3, -0.25) is 14.4 Å². The van der Waals surface area contributed by atoms with Crippen LogP contribution in [0, 0.1) is 11.8 Å². The summed E-state index contributed by atoms with van der Waals surface area (Å²) in [6.45, 7) is 3.56. The summed E-state index contributed by atoms with van der Waals surface area (Å²) >= 11 is 0. The summed E-state index contributed by atoms with van der Waals surface area (Å²) in [5, 5.41) is 2.73. The quantitative estimate of drug-likeness (QED) is 0.786. The molecule has 1 saturated heterocycles. The molecule has 8 nitrogen and oxygen atoms in total. The molecule has 1 aromatic carbocycles. The zero-order chi connectivity index (χ0) is 19.6. The Hall–Kier alpha value is -2.90. The van der Waals surface area contributed by atoms with E-state index < -0.39 is 11.9 Å². The second kappa shape index (κ2) is 7.77. The predicted octanol–water partition coefficient (Wildman–Crippen LogP) is 0.738. The lowest BCUT2D eigenvalue weighted by atomic mass is 10.1. The van der Waals surface area contributed by atoms with Gasteiger partial charge in [0.05, 0.1) is 30.2 Å². The van der Waals surface area contributed by atoms with E-state index in [1.165, 1.54) is 14.0 Å². The second-order valence-corrected chi connectivity index (χ2v) is 6.81. The molecular weight excluding hydrogens is 350 g/mol. The van der Waals surface area contributed by atoms with E-state index in [1.807, 2.05) is 0 Å². The third-order valence-corrected chi connectivity index (χ3v) is 5.07. The van der Waals surface area contributed by atoms with Crippen molar-refractivity contribution in [3.8, 4) is 0 Å². The Balaban J connectivity index is 1.56. The molecule has 0 aromatic heterocycles. The SMILES string of the molecule is COC(=O)c1ccccc1NC(=O)C1CC1C(=O)N1CCN(C(C)=O)CC1. The highest BCUT2D eigenvalue weighted by molar-refractivity contribution is 6.04. The van der Waals surface area contributed by atoms with Gasteiger partial charge in [-0.2, -0.15) is 0 Å². The summed E-state index contributed by atoms with van der Waals surface area (Å²) in [5.41, 5.74) is 0.653. The molecule has 1 aliphatic heterocycles. The van der Waals surface area contributed by atoms with Crippen LogP contribution in [-0.4, -0.2) is 66.8 Å². The van der Waals surface area contributed by atoms with Gasteiger partial charge in [0.2, 0.25) is 17.7 Å². The Morgan fingerprint density at radius 2 is 1.63 bits per heavy atom. The molecule has 0 radical (unpaired) electrons. The molecule has 3 amide bonds. The van der Waals surface area contributed by atoms with Gasteiger partial charge in [-0.25, -0.2) is 4.79 Å². The molecular formula is C19H23N3O5. The van der Waals surface area contributed by atoms with Gasteiger partial charge in [0.1, 0.15) is 0 Å². The fourth-order valence-electron chi connectivity index (χ4n) is 3.34. The van der Waals surface area contributed by atoms with Crippen molar-refractivity contribution in [3.05, 3.63) is 29.8 Å². The van der Waals surface area contributed by atoms with Crippen molar-refractivity contribution in [2.75, 3.05) is 38.6 Å². The van der Waals surface area contributed by atoms with E-state index >= 15 is 0 Å². The number of hydrogen-bond acceptors (Lipinski definition) is 5. The van der Waals surface area contributed by atoms with Gasteiger partial charge in [-0.05, 0) is 18.6 Å². The van der Waals surface area contributed by atoms with Crippen LogP contribution < -0.4 is 5.32 Å². The largest absolute Gasteiger partial charge is 0.465 e. The molecule has 144 valence electrons. The van der Waals surface area contributed by atoms with Crippen molar-refractivity contribution in [2.24, 2.45) is 11.8 Å². The number of hydrogen-bond donors (Lipinski definition) is 1. The van der Waals surface area contributed by atoms with E-state index in [1.54, 1.807) is 34.1 Å². The molecule has 0 bridgehead atoms. The number of piperazine rings is 1. The van der Waals surface area contributed by atoms with Crippen molar-refractivity contribution in [3.63, 3.8) is 0 Å². The van der Waals surface area contributed by atoms with Gasteiger partial charge in [0, 0.05) is 33.1 Å². The highest BCUT2D eigenvalue weighted by Crippen LogP contribution is 2.41. The minimum atomic E-state index is -0.530. The van der Waals surface area contributed by atoms with Crippen LogP contribution in [0.2, 0.25) is 0 Å². The van der Waals surface area contributed by atoms with Crippen LogP contribution in [0.4, 0.5) is 5.69 Å². The molecule has 8 heteroatoms. The minimum Gasteiger partial charge on any atom is -0.465 e. The Morgan fingerprint density at radius 3 is 2.26 bits per heavy atom. The maximum atomic E-state index is 12.6. The number of rotatable bonds is 4. The molecule has 1 saturated carbocycles. The number of carbonyl (C=O) groups is 4. The van der Waals surface area contributed by atoms with E-state index in [4.69, 9.17) is 4.74 Å². The van der Waals surface area contributed by atoms with Gasteiger partial charge in [0.15, 0.2) is 0 Å². The molecule has 0 spiro atoms. The summed E-state index contributed by atoms with van der Waals surface area (Å²) in [4.78, 5) is 51.7. The van der Waals surface area contributed by atoms with Crippen LogP contribution in [0.15, 0.2) is 24.3 Å². The Labute approximate surface area is 157 Å². The van der Waals surface area contributed by atoms with E-state index in [0.717, 1.165) is 0 Å². The fourth-order valence-corrected chi connectivity index (χ4v) is 3.34. The first-order chi connectivity index (χ1) is 12.9. The van der Waals surface area contributed by atoms with E-state index in [0.29, 0.717) is 38.3 Å². The summed E-state index contributed by atoms with van der Waals surface area (Å²) in [7, 11) is 1.28. The fraction of sp³-hybridized carbons (Fsp3) is 0.474. The number of methoxy groups -OCH3 is 1. The number of para-hydroxylation sites is 1. The summed E-state index contributed by atoms with van der Waals surface area (Å²) in [5.74, 6) is -1.56. The molecule has 3 rings (SSSR count). The van der Waals surface area contributed by atoms with Crippen LogP contribution in [0.3, 0.4) is 0 Å². The van der Waals surface area contributed by atoms with Crippen molar-refractivity contribution in [1.29, 1.82) is 0 Å². The molecule has 27 heavy (non-hydrogen) atoms. The van der Waals surface area contributed by atoms with Crippen LogP contribution in [0.1, 0.15) is 23.7 Å². The topological polar surface area (TPSA) is 96.0 Å². The van der Waals surface area contributed by atoms with Gasteiger partial charge < -0.3 is 19.9 Å². The Kier molecular flexibility index (Phi) is 5.43. The zero-order valence-electron chi connectivity index (χ0n) is 15.4. The van der Waals surface area contributed by atoms with Gasteiger partial charge >= 0.3 is 5.97 Å². The van der Waals surface area contributed by atoms with Crippen molar-refractivity contribution < 1.29 is 23.9 Å². The first kappa shape index (κ1) is 18.9. The van der Waals surface area contributed by atoms with Crippen LogP contribution in [0.5, 0.6) is 0 Å². The molecule has 2 unspecified atom stereocenters. The Morgan fingerprint density at radius 1 is 1.00 bits per heavy atom.